The number of aryl methyl sites for hydroxylation is 7. The molecule has 4 fully saturated rings. The Labute approximate surface area is 619 Å². The third-order valence-corrected chi connectivity index (χ3v) is 21.7. The average molecular weight is 1430 g/mol. The van der Waals surface area contributed by atoms with Gasteiger partial charge in [-0.15, -0.1) is 0 Å². The Morgan fingerprint density at radius 2 is 0.673 bits per heavy atom. The highest BCUT2D eigenvalue weighted by Crippen LogP contribution is 2.59. The molecule has 4 unspecified atom stereocenters. The number of hydrogen-bond acceptors (Lipinski definition) is 14. The van der Waals surface area contributed by atoms with Crippen LogP contribution in [0.5, 0.6) is 57.5 Å². The maximum atomic E-state index is 16.7. The van der Waals surface area contributed by atoms with Crippen LogP contribution in [0, 0.1) is 60.3 Å². The summed E-state index contributed by atoms with van der Waals surface area (Å²) in [6.45, 7) is 15.8. The fraction of sp³-hybridized carbons (Fsp3) is 0.303. The minimum atomic E-state index is -1.29. The standard InChI is InChI=1S/C89H82N4O14/c1-47-15-14-20-60(32-47)104-70-39-66-74-67(87(97)92(86(66)96)82(54-16-10-8-11-17-54)84(94)90-56-21-25-58(26-22-56)100-43-64-45-102-64)41-72(106-62-35-50(4)30-51(5)36-62)78-79-73(107-63-37-52(6)31-53(7)38-63)42-69-75-68(40-71(77(81(75)79)76(70)80(74)78)105-61-33-48(2)29-49(3)34-61)88(98)93(89(69)99)83(55-18-12-9-13-19-55)85(95)91-57-23-27-59(28-24-57)101-44-65-46-103-65/h14-15,20-42,54-55,64-65,82-83H,8-13,16-19,43-46H2,1-7H3,(H,90,94)(H,91,95). The van der Waals surface area contributed by atoms with Gasteiger partial charge in [0.25, 0.3) is 23.6 Å². The molecule has 0 radical (unpaired) electrons. The fourth-order valence-corrected chi connectivity index (χ4v) is 16.9. The van der Waals surface area contributed by atoms with Gasteiger partial charge in [0.05, 0.1) is 35.5 Å². The first kappa shape index (κ1) is 68.7. The van der Waals surface area contributed by atoms with Crippen LogP contribution in [0.4, 0.5) is 11.4 Å². The molecule has 17 rings (SSSR count). The maximum Gasteiger partial charge on any atom is 0.262 e. The number of benzene rings is 11. The monoisotopic (exact) mass is 1430 g/mol. The zero-order valence-corrected chi connectivity index (χ0v) is 60.9. The van der Waals surface area contributed by atoms with Crippen molar-refractivity contribution in [2.45, 2.75) is 137 Å². The Balaban J connectivity index is 0.950. The molecule has 542 valence electrons. The van der Waals surface area contributed by atoms with Crippen molar-refractivity contribution in [3.8, 4) is 57.5 Å². The largest absolute Gasteiger partial charge is 0.491 e. The van der Waals surface area contributed by atoms with Gasteiger partial charge in [0, 0.05) is 54.5 Å². The van der Waals surface area contributed by atoms with Crippen molar-refractivity contribution < 1.29 is 66.7 Å². The van der Waals surface area contributed by atoms with Crippen molar-refractivity contribution in [1.82, 2.24) is 9.80 Å². The summed E-state index contributed by atoms with van der Waals surface area (Å²) >= 11 is 0. The Hall–Kier alpha value is -11.3. The molecule has 2 saturated heterocycles. The Morgan fingerprint density at radius 3 is 0.981 bits per heavy atom. The van der Waals surface area contributed by atoms with Gasteiger partial charge in [0.2, 0.25) is 11.8 Å². The summed E-state index contributed by atoms with van der Waals surface area (Å²) < 4.78 is 52.3. The summed E-state index contributed by atoms with van der Waals surface area (Å²) in [6.07, 6.45) is 7.36. The van der Waals surface area contributed by atoms with Crippen LogP contribution >= 0.6 is 0 Å². The number of ether oxygens (including phenoxy) is 8. The predicted octanol–water partition coefficient (Wildman–Crippen LogP) is 19.0. The predicted molar refractivity (Wildman–Crippen MR) is 409 cm³/mol. The molecule has 107 heavy (non-hydrogen) atoms. The second kappa shape index (κ2) is 27.9. The van der Waals surface area contributed by atoms with Gasteiger partial charge in [-0.3, -0.25) is 38.6 Å². The number of fused-ring (bicyclic) bond motifs is 2. The quantitative estimate of drug-likeness (QED) is 0.0280. The van der Waals surface area contributed by atoms with E-state index in [4.69, 9.17) is 37.9 Å². The second-order valence-electron chi connectivity index (χ2n) is 30.1. The number of anilines is 2. The van der Waals surface area contributed by atoms with E-state index in [0.29, 0.717) is 130 Å². The molecule has 2 saturated carbocycles. The maximum absolute atomic E-state index is 16.7. The zero-order valence-electron chi connectivity index (χ0n) is 60.9. The van der Waals surface area contributed by atoms with Crippen LogP contribution in [0.25, 0.3) is 43.1 Å². The van der Waals surface area contributed by atoms with Crippen LogP contribution in [-0.2, 0) is 19.1 Å². The number of imide groups is 2. The topological polar surface area (TPSA) is 213 Å². The minimum absolute atomic E-state index is 0.0382. The number of epoxide rings is 2. The summed E-state index contributed by atoms with van der Waals surface area (Å²) in [6, 6.07) is 43.1. The normalized spacial score (nSPS) is 17.7. The number of amides is 6. The number of carbonyl (C=O) groups excluding carboxylic acids is 6. The molecule has 6 amide bonds. The molecular formula is C89H82N4O14. The molecule has 18 heteroatoms. The molecule has 18 nitrogen and oxygen atoms in total. The lowest BCUT2D eigenvalue weighted by Gasteiger charge is -2.39. The summed E-state index contributed by atoms with van der Waals surface area (Å²) in [5, 5.41) is 8.75. The van der Waals surface area contributed by atoms with Gasteiger partial charge in [-0.2, -0.15) is 0 Å². The average Bonchev–Trinajstić information content (AvgIpc) is 1.45. The molecule has 4 atom stereocenters. The molecule has 0 spiro atoms. The number of carbonyl (C=O) groups is 6. The molecule has 4 heterocycles. The highest BCUT2D eigenvalue weighted by atomic mass is 16.6. The van der Waals surface area contributed by atoms with Gasteiger partial charge >= 0.3 is 0 Å². The highest BCUT2D eigenvalue weighted by molar-refractivity contribution is 6.45. The van der Waals surface area contributed by atoms with Crippen molar-refractivity contribution in [2.24, 2.45) is 11.8 Å². The molecule has 4 aliphatic heterocycles. The van der Waals surface area contributed by atoms with E-state index >= 15 is 28.8 Å². The summed E-state index contributed by atoms with van der Waals surface area (Å²) in [7, 11) is 0. The third-order valence-electron chi connectivity index (χ3n) is 21.7. The van der Waals surface area contributed by atoms with Crippen molar-refractivity contribution in [2.75, 3.05) is 37.1 Å². The SMILES string of the molecule is Cc1cccc(Oc2cc3c4c(cc(Oc5cc(C)cc(C)c5)c5c6c(Oc7cc(C)cc(C)c7)cc7c8c(cc(Oc9cc(C)cc(C)c9)c(c2c45)c86)C(=O)N(C(C(=O)Nc2ccc(OCC4CO4)cc2)C2CCCCC2)C7=O)C(=O)N(C(C(=O)Nc2ccc(OCC4CO4)cc2)C2CCCCC2)C3=O)c1. The first-order valence-electron chi connectivity index (χ1n) is 37.3. The molecule has 2 N–H and O–H groups in total. The Morgan fingerprint density at radius 1 is 0.364 bits per heavy atom. The number of nitrogens with zero attached hydrogens (tertiary/aromatic N) is 2. The van der Waals surface area contributed by atoms with Crippen LogP contribution in [-0.4, -0.2) is 96.0 Å². The lowest BCUT2D eigenvalue weighted by atomic mass is 9.78. The van der Waals surface area contributed by atoms with Crippen LogP contribution < -0.4 is 39.1 Å². The molecule has 6 aliphatic rings. The molecule has 0 bridgehead atoms. The summed E-state index contributed by atoms with van der Waals surface area (Å²) in [5.41, 5.74) is 7.36. The molecule has 0 aromatic heterocycles. The Kier molecular flexibility index (Phi) is 17.9. The van der Waals surface area contributed by atoms with Gasteiger partial charge in [-0.1, -0.05) is 68.9 Å². The molecule has 11 aromatic carbocycles. The first-order chi connectivity index (χ1) is 51.8. The first-order valence-corrected chi connectivity index (χ1v) is 37.3. The number of hydrogen-bond donors (Lipinski definition) is 2. The van der Waals surface area contributed by atoms with Gasteiger partial charge in [-0.25, -0.2) is 0 Å². The van der Waals surface area contributed by atoms with E-state index in [0.717, 1.165) is 87.3 Å². The van der Waals surface area contributed by atoms with E-state index in [2.05, 4.69) is 10.6 Å². The van der Waals surface area contributed by atoms with E-state index in [1.165, 1.54) is 0 Å². The van der Waals surface area contributed by atoms with E-state index in [1.54, 1.807) is 72.8 Å². The van der Waals surface area contributed by atoms with Crippen molar-refractivity contribution in [3.63, 3.8) is 0 Å². The number of nitrogens with one attached hydrogen (secondary N) is 2. The molecule has 11 aromatic rings. The van der Waals surface area contributed by atoms with Crippen molar-refractivity contribution in [3.05, 3.63) is 213 Å². The van der Waals surface area contributed by atoms with Crippen LogP contribution in [0.1, 0.15) is 145 Å². The van der Waals surface area contributed by atoms with E-state index in [-0.39, 0.29) is 68.2 Å². The van der Waals surface area contributed by atoms with Crippen molar-refractivity contribution >= 4 is 89.9 Å². The van der Waals surface area contributed by atoms with Crippen LogP contribution in [0.15, 0.2) is 152 Å². The van der Waals surface area contributed by atoms with Gasteiger partial charge in [0.15, 0.2) is 0 Å². The van der Waals surface area contributed by atoms with E-state index < -0.39 is 59.4 Å². The van der Waals surface area contributed by atoms with Gasteiger partial charge in [-0.05, 0) is 246 Å². The van der Waals surface area contributed by atoms with Crippen LogP contribution in [0.3, 0.4) is 0 Å². The fourth-order valence-electron chi connectivity index (χ4n) is 16.9. The van der Waals surface area contributed by atoms with Crippen molar-refractivity contribution in [1.29, 1.82) is 0 Å². The lowest BCUT2D eigenvalue weighted by Crippen LogP contribution is -2.55. The molecular weight excluding hydrogens is 1350 g/mol. The third kappa shape index (κ3) is 13.4. The lowest BCUT2D eigenvalue weighted by molar-refractivity contribution is -0.122. The second-order valence-corrected chi connectivity index (χ2v) is 30.1. The van der Waals surface area contributed by atoms with E-state index in [9.17, 15) is 0 Å². The number of rotatable bonds is 22. The highest BCUT2D eigenvalue weighted by Gasteiger charge is 2.49. The summed E-state index contributed by atoms with van der Waals surface area (Å²) in [5.74, 6) is -1.41. The summed E-state index contributed by atoms with van der Waals surface area (Å²) in [4.78, 5) is 100. The van der Waals surface area contributed by atoms with E-state index in [1.807, 2.05) is 127 Å². The van der Waals surface area contributed by atoms with Crippen LogP contribution in [0.2, 0.25) is 0 Å². The minimum Gasteiger partial charge on any atom is -0.491 e. The Bertz CT molecular complexity index is 5390. The smallest absolute Gasteiger partial charge is 0.262 e. The molecule has 2 aliphatic carbocycles. The van der Waals surface area contributed by atoms with Gasteiger partial charge < -0.3 is 48.5 Å². The van der Waals surface area contributed by atoms with Gasteiger partial charge in [0.1, 0.15) is 95.0 Å². The zero-order chi connectivity index (χ0) is 73.6.